The number of aliphatic carboxylic acids is 1. The Bertz CT molecular complexity index is 589. The van der Waals surface area contributed by atoms with Gasteiger partial charge in [0.15, 0.2) is 0 Å². The van der Waals surface area contributed by atoms with Crippen LogP contribution < -0.4 is 10.6 Å². The third-order valence-corrected chi connectivity index (χ3v) is 3.24. The number of nitrogens with zero attached hydrogens (tertiary/aromatic N) is 1. The molecule has 8 heteroatoms. The zero-order valence-electron chi connectivity index (χ0n) is 14.0. The molecule has 1 aromatic rings. The summed E-state index contributed by atoms with van der Waals surface area (Å²) in [6.07, 6.45) is -0.252. The molecule has 1 rings (SSSR count). The van der Waals surface area contributed by atoms with Gasteiger partial charge in [-0.1, -0.05) is 12.1 Å². The van der Waals surface area contributed by atoms with E-state index in [2.05, 4.69) is 15.4 Å². The number of likely N-dealkylation sites (N-methyl/N-ethyl adjacent to an activating group) is 1. The minimum Gasteiger partial charge on any atom is -0.480 e. The summed E-state index contributed by atoms with van der Waals surface area (Å²) in [6, 6.07) is 5.37. The van der Waals surface area contributed by atoms with Gasteiger partial charge in [-0.15, -0.1) is 0 Å². The van der Waals surface area contributed by atoms with E-state index in [1.807, 2.05) is 19.0 Å². The molecule has 0 aliphatic carbocycles. The lowest BCUT2D eigenvalue weighted by Gasteiger charge is -2.17. The number of carbonyl (C=O) groups is 3. The largest absolute Gasteiger partial charge is 0.480 e. The maximum Gasteiger partial charge on any atom is 0.339 e. The maximum absolute atomic E-state index is 12.1. The highest BCUT2D eigenvalue weighted by atomic mass is 16.5. The van der Waals surface area contributed by atoms with Gasteiger partial charge in [-0.25, -0.2) is 4.79 Å². The van der Waals surface area contributed by atoms with Gasteiger partial charge in [0.2, 0.25) is 5.91 Å². The SMILES string of the molecule is COC(=O)c1ccccc1NC(=O)C[C@@H](NCCN(C)C)C(=O)O. The Labute approximate surface area is 140 Å². The molecule has 0 fully saturated rings. The highest BCUT2D eigenvalue weighted by Gasteiger charge is 2.21. The lowest BCUT2D eigenvalue weighted by atomic mass is 10.1. The molecule has 0 bridgehead atoms. The van der Waals surface area contributed by atoms with Crippen molar-refractivity contribution in [3.63, 3.8) is 0 Å². The molecular formula is C16H23N3O5. The van der Waals surface area contributed by atoms with E-state index in [0.29, 0.717) is 13.1 Å². The minimum absolute atomic E-state index is 0.209. The van der Waals surface area contributed by atoms with Gasteiger partial charge in [0.25, 0.3) is 0 Å². The fraction of sp³-hybridized carbons (Fsp3) is 0.438. The highest BCUT2D eigenvalue weighted by molar-refractivity contribution is 6.02. The molecule has 0 aliphatic heterocycles. The van der Waals surface area contributed by atoms with Gasteiger partial charge in [-0.3, -0.25) is 9.59 Å². The van der Waals surface area contributed by atoms with Gasteiger partial charge in [-0.05, 0) is 26.2 Å². The fourth-order valence-electron chi connectivity index (χ4n) is 1.98. The van der Waals surface area contributed by atoms with Crippen LogP contribution in [0.3, 0.4) is 0 Å². The number of rotatable bonds is 9. The third kappa shape index (κ3) is 6.35. The minimum atomic E-state index is -1.11. The number of ether oxygens (including phenoxy) is 1. The standard InChI is InChI=1S/C16H23N3O5/c1-19(2)9-8-17-13(15(21)22)10-14(20)18-12-7-5-4-6-11(12)16(23)24-3/h4-7,13,17H,8-10H2,1-3H3,(H,18,20)(H,21,22)/t13-/m1/s1. The lowest BCUT2D eigenvalue weighted by molar-refractivity contribution is -0.141. The van der Waals surface area contributed by atoms with Gasteiger partial charge in [0.1, 0.15) is 6.04 Å². The molecule has 8 nitrogen and oxygen atoms in total. The molecule has 0 aromatic heterocycles. The fourth-order valence-corrected chi connectivity index (χ4v) is 1.98. The zero-order valence-corrected chi connectivity index (χ0v) is 14.0. The van der Waals surface area contributed by atoms with E-state index in [1.165, 1.54) is 13.2 Å². The first-order chi connectivity index (χ1) is 11.3. The van der Waals surface area contributed by atoms with E-state index in [-0.39, 0.29) is 17.7 Å². The van der Waals surface area contributed by atoms with Crippen LogP contribution >= 0.6 is 0 Å². The van der Waals surface area contributed by atoms with Gasteiger partial charge in [-0.2, -0.15) is 0 Å². The van der Waals surface area contributed by atoms with Crippen LogP contribution in [0, 0.1) is 0 Å². The number of methoxy groups -OCH3 is 1. The quantitative estimate of drug-likeness (QED) is 0.560. The number of nitrogens with one attached hydrogen (secondary N) is 2. The van der Waals surface area contributed by atoms with Crippen LogP contribution in [0.15, 0.2) is 24.3 Å². The van der Waals surface area contributed by atoms with Crippen LogP contribution in [0.2, 0.25) is 0 Å². The monoisotopic (exact) mass is 337 g/mol. The highest BCUT2D eigenvalue weighted by Crippen LogP contribution is 2.16. The van der Waals surface area contributed by atoms with Crippen molar-refractivity contribution in [2.45, 2.75) is 12.5 Å². The number of amides is 1. The Kier molecular flexibility index (Phi) is 7.87. The van der Waals surface area contributed by atoms with Crippen molar-refractivity contribution in [2.24, 2.45) is 0 Å². The van der Waals surface area contributed by atoms with Crippen molar-refractivity contribution in [3.05, 3.63) is 29.8 Å². The van der Waals surface area contributed by atoms with E-state index in [4.69, 9.17) is 0 Å². The molecule has 0 aliphatic rings. The number of para-hydroxylation sites is 1. The molecule has 0 saturated heterocycles. The molecule has 0 unspecified atom stereocenters. The molecule has 1 aromatic carbocycles. The van der Waals surface area contributed by atoms with E-state index in [9.17, 15) is 19.5 Å². The molecule has 24 heavy (non-hydrogen) atoms. The molecule has 0 radical (unpaired) electrons. The molecule has 3 N–H and O–H groups in total. The first kappa shape index (κ1) is 19.6. The summed E-state index contributed by atoms with van der Waals surface area (Å²) < 4.78 is 4.65. The van der Waals surface area contributed by atoms with Crippen molar-refractivity contribution >= 4 is 23.5 Å². The topological polar surface area (TPSA) is 108 Å². The number of carboxylic acid groups (broad SMARTS) is 1. The molecule has 0 spiro atoms. The van der Waals surface area contributed by atoms with Gasteiger partial charge in [0.05, 0.1) is 24.8 Å². The summed E-state index contributed by atoms with van der Waals surface area (Å²) in [5, 5.41) is 14.6. The second kappa shape index (κ2) is 9.64. The number of hydrogen-bond donors (Lipinski definition) is 3. The van der Waals surface area contributed by atoms with E-state index >= 15 is 0 Å². The van der Waals surface area contributed by atoms with Gasteiger partial charge >= 0.3 is 11.9 Å². The van der Waals surface area contributed by atoms with E-state index in [0.717, 1.165) is 0 Å². The normalized spacial score (nSPS) is 11.8. The molecule has 0 saturated carbocycles. The van der Waals surface area contributed by atoms with Crippen molar-refractivity contribution in [2.75, 3.05) is 39.6 Å². The second-order valence-electron chi connectivity index (χ2n) is 5.44. The molecule has 1 amide bonds. The Morgan fingerprint density at radius 3 is 2.50 bits per heavy atom. The Balaban J connectivity index is 2.70. The first-order valence-electron chi connectivity index (χ1n) is 7.43. The number of carboxylic acids is 1. The average molecular weight is 337 g/mol. The Morgan fingerprint density at radius 1 is 1.25 bits per heavy atom. The molecular weight excluding hydrogens is 314 g/mol. The van der Waals surface area contributed by atoms with Crippen LogP contribution in [0.4, 0.5) is 5.69 Å². The van der Waals surface area contributed by atoms with Gasteiger partial charge < -0.3 is 25.4 Å². The number of carbonyl (C=O) groups excluding carboxylic acids is 2. The third-order valence-electron chi connectivity index (χ3n) is 3.24. The summed E-state index contributed by atoms with van der Waals surface area (Å²) >= 11 is 0. The second-order valence-corrected chi connectivity index (χ2v) is 5.44. The zero-order chi connectivity index (χ0) is 18.1. The number of anilines is 1. The van der Waals surface area contributed by atoms with Crippen molar-refractivity contribution in [1.29, 1.82) is 0 Å². The average Bonchev–Trinajstić information content (AvgIpc) is 2.53. The predicted octanol–water partition coefficient (Wildman–Crippen LogP) is 0.406. The number of hydrogen-bond acceptors (Lipinski definition) is 6. The summed E-state index contributed by atoms with van der Waals surface area (Å²) in [7, 11) is 4.98. The summed E-state index contributed by atoms with van der Waals surface area (Å²) in [5.74, 6) is -2.19. The van der Waals surface area contributed by atoms with E-state index in [1.54, 1.807) is 18.2 Å². The summed E-state index contributed by atoms with van der Waals surface area (Å²) in [5.41, 5.74) is 0.493. The Hall–Kier alpha value is -2.45. The summed E-state index contributed by atoms with van der Waals surface area (Å²) in [6.45, 7) is 1.09. The van der Waals surface area contributed by atoms with Crippen LogP contribution in [-0.4, -0.2) is 68.2 Å². The van der Waals surface area contributed by atoms with Crippen molar-refractivity contribution in [3.8, 4) is 0 Å². The molecule has 0 heterocycles. The molecule has 132 valence electrons. The van der Waals surface area contributed by atoms with E-state index < -0.39 is 23.9 Å². The number of esters is 1. The first-order valence-corrected chi connectivity index (χ1v) is 7.43. The lowest BCUT2D eigenvalue weighted by Crippen LogP contribution is -2.42. The van der Waals surface area contributed by atoms with Gasteiger partial charge in [0, 0.05) is 13.1 Å². The van der Waals surface area contributed by atoms with Crippen LogP contribution in [0.25, 0.3) is 0 Å². The molecule has 1 atom stereocenters. The van der Waals surface area contributed by atoms with Crippen LogP contribution in [0.5, 0.6) is 0 Å². The Morgan fingerprint density at radius 2 is 1.92 bits per heavy atom. The summed E-state index contributed by atoms with van der Waals surface area (Å²) in [4.78, 5) is 36.9. The maximum atomic E-state index is 12.1. The van der Waals surface area contributed by atoms with Crippen molar-refractivity contribution in [1.82, 2.24) is 10.2 Å². The van der Waals surface area contributed by atoms with Crippen LogP contribution in [-0.2, 0) is 14.3 Å². The van der Waals surface area contributed by atoms with Crippen molar-refractivity contribution < 1.29 is 24.2 Å². The smallest absolute Gasteiger partial charge is 0.339 e. The predicted molar refractivity (Wildman–Crippen MR) is 89.0 cm³/mol. The van der Waals surface area contributed by atoms with Crippen LogP contribution in [0.1, 0.15) is 16.8 Å². The number of benzene rings is 1.